The number of aromatic amines is 1. The highest BCUT2D eigenvalue weighted by Crippen LogP contribution is 2.22. The molecule has 1 amide bonds. The van der Waals surface area contributed by atoms with Gasteiger partial charge in [0.15, 0.2) is 0 Å². The average molecular weight is 379 g/mol. The summed E-state index contributed by atoms with van der Waals surface area (Å²) >= 11 is 0. The molecule has 8 heteroatoms. The Balaban J connectivity index is 1.62. The smallest absolute Gasteiger partial charge is 0.280 e. The third-order valence-electron chi connectivity index (χ3n) is 4.06. The molecule has 0 aliphatic heterocycles. The zero-order valence-corrected chi connectivity index (χ0v) is 15.6. The highest BCUT2D eigenvalue weighted by atomic mass is 16.5. The van der Waals surface area contributed by atoms with E-state index in [4.69, 9.17) is 4.74 Å². The Morgan fingerprint density at radius 1 is 1.18 bits per heavy atom. The molecule has 0 radical (unpaired) electrons. The maximum absolute atomic E-state index is 12.5. The number of anilines is 1. The van der Waals surface area contributed by atoms with E-state index in [9.17, 15) is 9.59 Å². The Bertz CT molecular complexity index is 1040. The lowest BCUT2D eigenvalue weighted by Gasteiger charge is -2.09. The number of nitrogens with zero attached hydrogens (tertiary/aromatic N) is 2. The molecule has 0 aliphatic carbocycles. The number of hydrogen-bond acceptors (Lipinski definition) is 5. The van der Waals surface area contributed by atoms with Crippen molar-refractivity contribution in [2.24, 2.45) is 5.10 Å². The second kappa shape index (κ2) is 8.72. The van der Waals surface area contributed by atoms with Crippen LogP contribution >= 0.6 is 0 Å². The lowest BCUT2D eigenvalue weighted by molar-refractivity contribution is -0.119. The fraction of sp³-hybridized carbons (Fsp3) is 0.150. The molecule has 144 valence electrons. The van der Waals surface area contributed by atoms with Crippen LogP contribution in [0.1, 0.15) is 11.3 Å². The number of aromatic nitrogens is 2. The summed E-state index contributed by atoms with van der Waals surface area (Å²) in [5, 5.41) is 9.87. The van der Waals surface area contributed by atoms with Gasteiger partial charge >= 0.3 is 0 Å². The highest BCUT2D eigenvalue weighted by Gasteiger charge is 2.10. The number of rotatable bonds is 7. The van der Waals surface area contributed by atoms with Gasteiger partial charge in [-0.15, -0.1) is 0 Å². The molecule has 28 heavy (non-hydrogen) atoms. The van der Waals surface area contributed by atoms with E-state index in [2.05, 4.69) is 20.9 Å². The van der Waals surface area contributed by atoms with Crippen LogP contribution in [0.5, 0.6) is 5.75 Å². The van der Waals surface area contributed by atoms with E-state index >= 15 is 0 Å². The van der Waals surface area contributed by atoms with Gasteiger partial charge < -0.3 is 10.1 Å². The van der Waals surface area contributed by atoms with Crippen molar-refractivity contribution in [2.75, 3.05) is 19.0 Å². The number of carbonyl (C=O) groups is 1. The molecule has 0 aliphatic rings. The van der Waals surface area contributed by atoms with E-state index in [0.29, 0.717) is 22.7 Å². The molecule has 0 atom stereocenters. The molecule has 8 nitrogen and oxygen atoms in total. The van der Waals surface area contributed by atoms with Crippen molar-refractivity contribution in [3.8, 4) is 11.4 Å². The summed E-state index contributed by atoms with van der Waals surface area (Å²) in [6, 6.07) is 16.5. The summed E-state index contributed by atoms with van der Waals surface area (Å²) in [5.41, 5.74) is 4.62. The molecule has 0 spiro atoms. The largest absolute Gasteiger partial charge is 0.495 e. The number of carbonyl (C=O) groups excluding carboxylic acids is 1. The van der Waals surface area contributed by atoms with Crippen molar-refractivity contribution < 1.29 is 9.53 Å². The number of amides is 1. The van der Waals surface area contributed by atoms with E-state index in [0.717, 1.165) is 5.69 Å². The molecule has 1 heterocycles. The average Bonchev–Trinajstić information content (AvgIpc) is 3.01. The van der Waals surface area contributed by atoms with Crippen molar-refractivity contribution in [1.29, 1.82) is 0 Å². The fourth-order valence-electron chi connectivity index (χ4n) is 2.65. The van der Waals surface area contributed by atoms with Crippen LogP contribution in [0.25, 0.3) is 5.69 Å². The highest BCUT2D eigenvalue weighted by molar-refractivity contribution is 5.85. The molecule has 0 fully saturated rings. The first kappa shape index (κ1) is 19.0. The van der Waals surface area contributed by atoms with Gasteiger partial charge in [0.25, 0.3) is 11.5 Å². The number of hydrogen-bond donors (Lipinski definition) is 3. The maximum atomic E-state index is 12.5. The zero-order chi connectivity index (χ0) is 19.9. The van der Waals surface area contributed by atoms with Gasteiger partial charge in [-0.25, -0.2) is 10.1 Å². The first-order chi connectivity index (χ1) is 13.6. The Morgan fingerprint density at radius 2 is 1.89 bits per heavy atom. The summed E-state index contributed by atoms with van der Waals surface area (Å²) in [4.78, 5) is 24.5. The molecular weight excluding hydrogens is 358 g/mol. The lowest BCUT2D eigenvalue weighted by atomic mass is 10.3. The number of nitrogens with one attached hydrogen (secondary N) is 3. The number of ether oxygens (including phenoxy) is 1. The van der Waals surface area contributed by atoms with Crippen molar-refractivity contribution in [3.63, 3.8) is 0 Å². The van der Waals surface area contributed by atoms with Gasteiger partial charge in [-0.2, -0.15) is 5.10 Å². The monoisotopic (exact) mass is 379 g/mol. The summed E-state index contributed by atoms with van der Waals surface area (Å²) in [6.45, 7) is 1.78. The van der Waals surface area contributed by atoms with Gasteiger partial charge in [0, 0.05) is 5.69 Å². The van der Waals surface area contributed by atoms with E-state index in [-0.39, 0.29) is 18.0 Å². The number of hydrazone groups is 1. The minimum atomic E-state index is -0.348. The first-order valence-corrected chi connectivity index (χ1v) is 8.66. The number of methoxy groups -OCH3 is 1. The van der Waals surface area contributed by atoms with E-state index < -0.39 is 0 Å². The predicted molar refractivity (Wildman–Crippen MR) is 108 cm³/mol. The molecule has 1 aromatic heterocycles. The quantitative estimate of drug-likeness (QED) is 0.432. The first-order valence-electron chi connectivity index (χ1n) is 8.66. The minimum absolute atomic E-state index is 0.0120. The van der Waals surface area contributed by atoms with Gasteiger partial charge in [-0.3, -0.25) is 14.7 Å². The van der Waals surface area contributed by atoms with E-state index in [1.165, 1.54) is 10.9 Å². The second-order valence-corrected chi connectivity index (χ2v) is 5.97. The van der Waals surface area contributed by atoms with Gasteiger partial charge in [0.2, 0.25) is 0 Å². The van der Waals surface area contributed by atoms with Gasteiger partial charge in [-0.05, 0) is 31.2 Å². The van der Waals surface area contributed by atoms with E-state index in [1.54, 1.807) is 20.1 Å². The molecule has 2 aromatic carbocycles. The van der Waals surface area contributed by atoms with Crippen molar-refractivity contribution in [1.82, 2.24) is 15.2 Å². The van der Waals surface area contributed by atoms with Gasteiger partial charge in [0.05, 0.1) is 36.8 Å². The van der Waals surface area contributed by atoms with Crippen molar-refractivity contribution in [3.05, 3.63) is 76.2 Å². The number of aryl methyl sites for hydroxylation is 1. The van der Waals surface area contributed by atoms with Gasteiger partial charge in [0.1, 0.15) is 5.75 Å². The summed E-state index contributed by atoms with van der Waals surface area (Å²) in [5.74, 6) is 0.293. The SMILES string of the molecule is COc1ccccc1NCC(=O)N/N=C/c1c(C)[nH]n(-c2ccccc2)c1=O. The van der Waals surface area contributed by atoms with Crippen LogP contribution in [-0.4, -0.2) is 35.6 Å². The Kier molecular flexibility index (Phi) is 5.91. The second-order valence-electron chi connectivity index (χ2n) is 5.97. The molecule has 0 bridgehead atoms. The van der Waals surface area contributed by atoms with Crippen LogP contribution in [0, 0.1) is 6.92 Å². The van der Waals surface area contributed by atoms with Crippen molar-refractivity contribution in [2.45, 2.75) is 6.92 Å². The minimum Gasteiger partial charge on any atom is -0.495 e. The molecule has 3 rings (SSSR count). The summed E-state index contributed by atoms with van der Waals surface area (Å²) in [7, 11) is 1.56. The molecule has 0 unspecified atom stereocenters. The van der Waals surface area contributed by atoms with Crippen LogP contribution in [0.15, 0.2) is 64.5 Å². The van der Waals surface area contributed by atoms with Gasteiger partial charge in [-0.1, -0.05) is 30.3 Å². The Morgan fingerprint density at radius 3 is 2.64 bits per heavy atom. The molecule has 0 saturated heterocycles. The molecule has 0 saturated carbocycles. The maximum Gasteiger partial charge on any atom is 0.280 e. The summed E-state index contributed by atoms with van der Waals surface area (Å²) in [6.07, 6.45) is 1.34. The normalized spacial score (nSPS) is 10.8. The van der Waals surface area contributed by atoms with Crippen LogP contribution < -0.4 is 21.0 Å². The fourth-order valence-corrected chi connectivity index (χ4v) is 2.65. The number of benzene rings is 2. The van der Waals surface area contributed by atoms with Crippen LogP contribution in [0.4, 0.5) is 5.69 Å². The van der Waals surface area contributed by atoms with Crippen LogP contribution in [-0.2, 0) is 4.79 Å². The van der Waals surface area contributed by atoms with Crippen LogP contribution in [0.3, 0.4) is 0 Å². The predicted octanol–water partition coefficient (Wildman–Crippen LogP) is 2.04. The van der Waals surface area contributed by atoms with E-state index in [1.807, 2.05) is 48.5 Å². The van der Waals surface area contributed by atoms with Crippen molar-refractivity contribution >= 4 is 17.8 Å². The Labute approximate surface area is 161 Å². The third kappa shape index (κ3) is 4.29. The molecular formula is C20H21N5O3. The topological polar surface area (TPSA) is 101 Å². The zero-order valence-electron chi connectivity index (χ0n) is 15.6. The molecule has 3 N–H and O–H groups in total. The summed E-state index contributed by atoms with van der Waals surface area (Å²) < 4.78 is 6.65. The lowest BCUT2D eigenvalue weighted by Crippen LogP contribution is -2.26. The number of H-pyrrole nitrogens is 1. The molecule has 3 aromatic rings. The number of para-hydroxylation sites is 3. The third-order valence-corrected chi connectivity index (χ3v) is 4.06. The standard InChI is InChI=1S/C20H21N5O3/c1-14-16(20(27)25(24-14)15-8-4-3-5-9-15)12-22-23-19(26)13-21-17-10-6-7-11-18(17)28-2/h3-12,21,24H,13H2,1-2H3,(H,23,26)/b22-12+. The van der Waals surface area contributed by atoms with Crippen LogP contribution in [0.2, 0.25) is 0 Å². The Hall–Kier alpha value is -3.81.